The molecule has 112 valence electrons. The van der Waals surface area contributed by atoms with Gasteiger partial charge >= 0.3 is 0 Å². The quantitative estimate of drug-likeness (QED) is 0.598. The van der Waals surface area contributed by atoms with Crippen LogP contribution in [0.1, 0.15) is 50.7 Å². The summed E-state index contributed by atoms with van der Waals surface area (Å²) >= 11 is 6.04. The number of nitrogens with zero attached hydrogens (tertiary/aromatic N) is 1. The highest BCUT2D eigenvalue weighted by Crippen LogP contribution is 2.34. The second-order valence-corrected chi connectivity index (χ2v) is 5.58. The van der Waals surface area contributed by atoms with Crippen molar-refractivity contribution in [1.82, 2.24) is 5.32 Å². The molecule has 5 heteroatoms. The molecule has 1 N–H and O–H groups in total. The lowest BCUT2D eigenvalue weighted by Gasteiger charge is -2.26. The number of aryl methyl sites for hydroxylation is 1. The zero-order valence-electron chi connectivity index (χ0n) is 12.6. The number of halogens is 1. The van der Waals surface area contributed by atoms with Crippen LogP contribution in [-0.4, -0.2) is 17.5 Å². The van der Waals surface area contributed by atoms with Crippen LogP contribution < -0.4 is 5.32 Å². The average Bonchev–Trinajstić information content (AvgIpc) is 2.40. The molecule has 0 heterocycles. The van der Waals surface area contributed by atoms with E-state index in [0.717, 1.165) is 30.5 Å². The summed E-state index contributed by atoms with van der Waals surface area (Å²) in [5.74, 6) is 0.305. The Labute approximate surface area is 125 Å². The third-order valence-corrected chi connectivity index (χ3v) is 3.99. The Kier molecular flexibility index (Phi) is 6.43. The molecule has 0 saturated heterocycles. The van der Waals surface area contributed by atoms with Crippen LogP contribution in [0.25, 0.3) is 0 Å². The van der Waals surface area contributed by atoms with Gasteiger partial charge in [-0.15, -0.1) is 0 Å². The Balaban J connectivity index is 3.10. The van der Waals surface area contributed by atoms with Crippen LogP contribution >= 0.6 is 11.6 Å². The summed E-state index contributed by atoms with van der Waals surface area (Å²) in [5.41, 5.74) is 2.01. The van der Waals surface area contributed by atoms with E-state index < -0.39 is 4.92 Å². The zero-order chi connectivity index (χ0) is 15.3. The average molecular weight is 299 g/mol. The second kappa shape index (κ2) is 7.60. The van der Waals surface area contributed by atoms with E-state index >= 15 is 0 Å². The van der Waals surface area contributed by atoms with Gasteiger partial charge in [0, 0.05) is 12.1 Å². The molecule has 20 heavy (non-hydrogen) atoms. The first-order valence-corrected chi connectivity index (χ1v) is 7.47. The third-order valence-electron chi connectivity index (χ3n) is 3.69. The van der Waals surface area contributed by atoms with E-state index in [2.05, 4.69) is 26.1 Å². The fourth-order valence-corrected chi connectivity index (χ4v) is 2.82. The maximum Gasteiger partial charge on any atom is 0.288 e. The van der Waals surface area contributed by atoms with E-state index in [9.17, 15) is 10.1 Å². The largest absolute Gasteiger partial charge is 0.314 e. The molecule has 1 aromatic carbocycles. The summed E-state index contributed by atoms with van der Waals surface area (Å²) in [6.45, 7) is 9.29. The number of benzene rings is 1. The summed E-state index contributed by atoms with van der Waals surface area (Å²) in [7, 11) is 0. The summed E-state index contributed by atoms with van der Waals surface area (Å²) in [6.07, 6.45) is 2.05. The Morgan fingerprint density at radius 2 is 2.05 bits per heavy atom. The predicted molar refractivity (Wildman–Crippen MR) is 83.6 cm³/mol. The van der Waals surface area contributed by atoms with E-state index in [1.54, 1.807) is 12.1 Å². The maximum absolute atomic E-state index is 10.9. The topological polar surface area (TPSA) is 55.2 Å². The highest BCUT2D eigenvalue weighted by molar-refractivity contribution is 6.32. The fourth-order valence-electron chi connectivity index (χ4n) is 2.58. The minimum atomic E-state index is -0.432. The van der Waals surface area contributed by atoms with Gasteiger partial charge in [-0.3, -0.25) is 10.1 Å². The van der Waals surface area contributed by atoms with Gasteiger partial charge in [0.15, 0.2) is 0 Å². The van der Waals surface area contributed by atoms with Crippen LogP contribution in [0.2, 0.25) is 5.02 Å². The molecule has 0 aliphatic heterocycles. The predicted octanol–water partition coefficient (Wildman–Crippen LogP) is 4.44. The van der Waals surface area contributed by atoms with Crippen LogP contribution in [-0.2, 0) is 0 Å². The van der Waals surface area contributed by atoms with Gasteiger partial charge in [0.25, 0.3) is 5.69 Å². The van der Waals surface area contributed by atoms with Crippen molar-refractivity contribution >= 4 is 17.3 Å². The molecule has 2 atom stereocenters. The summed E-state index contributed by atoms with van der Waals surface area (Å²) in [4.78, 5) is 10.5. The first-order chi connectivity index (χ1) is 9.42. The molecule has 0 bridgehead atoms. The number of nitrogens with one attached hydrogen (secondary N) is 1. The van der Waals surface area contributed by atoms with E-state index in [4.69, 9.17) is 11.6 Å². The highest BCUT2D eigenvalue weighted by Gasteiger charge is 2.22. The van der Waals surface area contributed by atoms with Crippen LogP contribution in [0.4, 0.5) is 5.69 Å². The third kappa shape index (κ3) is 3.93. The molecular formula is C15H23ClN2O2. The molecule has 4 nitrogen and oxygen atoms in total. The Bertz CT molecular complexity index is 477. The molecule has 0 aromatic heterocycles. The Morgan fingerprint density at radius 3 is 2.55 bits per heavy atom. The molecule has 0 saturated carbocycles. The van der Waals surface area contributed by atoms with Crippen molar-refractivity contribution in [3.8, 4) is 0 Å². The monoisotopic (exact) mass is 298 g/mol. The van der Waals surface area contributed by atoms with E-state index in [1.165, 1.54) is 0 Å². The molecule has 0 spiro atoms. The van der Waals surface area contributed by atoms with Crippen LogP contribution in [0.5, 0.6) is 0 Å². The van der Waals surface area contributed by atoms with Crippen molar-refractivity contribution in [3.63, 3.8) is 0 Å². The minimum Gasteiger partial charge on any atom is -0.314 e. The van der Waals surface area contributed by atoms with Gasteiger partial charge in [-0.05, 0) is 56.3 Å². The molecule has 0 amide bonds. The summed E-state index contributed by atoms with van der Waals surface area (Å²) in [6, 6.07) is 3.65. The zero-order valence-corrected chi connectivity index (χ0v) is 13.3. The molecule has 1 rings (SSSR count). The standard InChI is InChI=1S/C15H23ClN2O2/c1-5-7-17-11(4)12(6-2)13-9-14(16)15(18(19)20)8-10(13)3/h8-9,11-12,17H,5-7H2,1-4H3. The lowest BCUT2D eigenvalue weighted by Crippen LogP contribution is -2.32. The van der Waals surface area contributed by atoms with Gasteiger partial charge in [0.2, 0.25) is 0 Å². The minimum absolute atomic E-state index is 0.0167. The number of rotatable bonds is 7. The lowest BCUT2D eigenvalue weighted by molar-refractivity contribution is -0.384. The number of hydrogen-bond acceptors (Lipinski definition) is 3. The van der Waals surface area contributed by atoms with Crippen molar-refractivity contribution in [2.75, 3.05) is 6.54 Å². The molecule has 2 unspecified atom stereocenters. The number of nitro groups is 1. The van der Waals surface area contributed by atoms with Crippen molar-refractivity contribution in [1.29, 1.82) is 0 Å². The van der Waals surface area contributed by atoms with E-state index in [1.807, 2.05) is 6.92 Å². The van der Waals surface area contributed by atoms with Crippen LogP contribution in [0, 0.1) is 17.0 Å². The van der Waals surface area contributed by atoms with Crippen molar-refractivity contribution in [2.45, 2.75) is 52.5 Å². The number of hydrogen-bond donors (Lipinski definition) is 1. The molecule has 0 aliphatic rings. The maximum atomic E-state index is 10.9. The van der Waals surface area contributed by atoms with Gasteiger partial charge in [-0.1, -0.05) is 25.4 Å². The Hall–Kier alpha value is -1.13. The first kappa shape index (κ1) is 16.9. The van der Waals surface area contributed by atoms with Gasteiger partial charge < -0.3 is 5.32 Å². The van der Waals surface area contributed by atoms with E-state index in [0.29, 0.717) is 12.0 Å². The molecule has 0 aliphatic carbocycles. The first-order valence-electron chi connectivity index (χ1n) is 7.10. The highest BCUT2D eigenvalue weighted by atomic mass is 35.5. The van der Waals surface area contributed by atoms with Crippen LogP contribution in [0.3, 0.4) is 0 Å². The van der Waals surface area contributed by atoms with Gasteiger partial charge in [-0.25, -0.2) is 0 Å². The van der Waals surface area contributed by atoms with Crippen molar-refractivity contribution in [2.24, 2.45) is 0 Å². The lowest BCUT2D eigenvalue weighted by atomic mass is 9.87. The van der Waals surface area contributed by atoms with Crippen molar-refractivity contribution in [3.05, 3.63) is 38.4 Å². The SMILES string of the molecule is CCCNC(C)C(CC)c1cc(Cl)c([N+](=O)[O-])cc1C. The van der Waals surface area contributed by atoms with Gasteiger partial charge in [-0.2, -0.15) is 0 Å². The summed E-state index contributed by atoms with van der Waals surface area (Å²) < 4.78 is 0. The van der Waals surface area contributed by atoms with Gasteiger partial charge in [0.05, 0.1) is 4.92 Å². The fraction of sp³-hybridized carbons (Fsp3) is 0.600. The smallest absolute Gasteiger partial charge is 0.288 e. The second-order valence-electron chi connectivity index (χ2n) is 5.17. The molecule has 0 radical (unpaired) electrons. The van der Waals surface area contributed by atoms with Gasteiger partial charge in [0.1, 0.15) is 5.02 Å². The summed E-state index contributed by atoms with van der Waals surface area (Å²) in [5, 5.41) is 14.6. The van der Waals surface area contributed by atoms with Crippen molar-refractivity contribution < 1.29 is 4.92 Å². The number of nitro benzene ring substituents is 1. The van der Waals surface area contributed by atoms with Crippen LogP contribution in [0.15, 0.2) is 12.1 Å². The molecule has 0 fully saturated rings. The Morgan fingerprint density at radius 1 is 1.40 bits per heavy atom. The normalized spacial score (nSPS) is 14.1. The van der Waals surface area contributed by atoms with E-state index in [-0.39, 0.29) is 10.7 Å². The molecule has 1 aromatic rings. The molecular weight excluding hydrogens is 276 g/mol.